The fourth-order valence-corrected chi connectivity index (χ4v) is 5.54. The SMILES string of the molecule is c1cnc2c(c1)ccn2-c1ccc(-c2ccc(-n3ccc4cccnc43)s2)s1. The van der Waals surface area contributed by atoms with E-state index < -0.39 is 0 Å². The minimum absolute atomic E-state index is 0.993. The summed E-state index contributed by atoms with van der Waals surface area (Å²) in [5.74, 6) is 0. The highest BCUT2D eigenvalue weighted by atomic mass is 32.1. The van der Waals surface area contributed by atoms with Gasteiger partial charge in [-0.2, -0.15) is 0 Å². The van der Waals surface area contributed by atoms with Crippen molar-refractivity contribution in [3.05, 3.63) is 85.5 Å². The van der Waals surface area contributed by atoms with Crippen molar-refractivity contribution in [3.8, 4) is 19.8 Å². The average Bonchev–Trinajstić information content (AvgIpc) is 3.51. The van der Waals surface area contributed by atoms with Gasteiger partial charge in [0.1, 0.15) is 21.3 Å². The summed E-state index contributed by atoms with van der Waals surface area (Å²) in [5.41, 5.74) is 1.99. The molecule has 28 heavy (non-hydrogen) atoms. The molecule has 6 aromatic rings. The van der Waals surface area contributed by atoms with Gasteiger partial charge in [-0.25, -0.2) is 9.97 Å². The summed E-state index contributed by atoms with van der Waals surface area (Å²) in [7, 11) is 0. The van der Waals surface area contributed by atoms with Crippen LogP contribution in [0.1, 0.15) is 0 Å². The van der Waals surface area contributed by atoms with E-state index in [9.17, 15) is 0 Å². The number of nitrogens with zero attached hydrogens (tertiary/aromatic N) is 4. The Morgan fingerprint density at radius 1 is 0.571 bits per heavy atom. The quantitative estimate of drug-likeness (QED) is 0.358. The van der Waals surface area contributed by atoms with Crippen LogP contribution in [0.25, 0.3) is 41.8 Å². The molecular formula is C22H14N4S2. The molecule has 0 unspecified atom stereocenters. The van der Waals surface area contributed by atoms with Gasteiger partial charge in [0.05, 0.1) is 0 Å². The second-order valence-corrected chi connectivity index (χ2v) is 8.60. The van der Waals surface area contributed by atoms with Crippen molar-refractivity contribution in [1.29, 1.82) is 0 Å². The van der Waals surface area contributed by atoms with E-state index in [0.29, 0.717) is 0 Å². The lowest BCUT2D eigenvalue weighted by atomic mass is 10.3. The van der Waals surface area contributed by atoms with Crippen molar-refractivity contribution < 1.29 is 0 Å². The molecule has 0 fully saturated rings. The van der Waals surface area contributed by atoms with Crippen LogP contribution in [0.5, 0.6) is 0 Å². The predicted molar refractivity (Wildman–Crippen MR) is 117 cm³/mol. The van der Waals surface area contributed by atoms with Gasteiger partial charge in [0.25, 0.3) is 0 Å². The Kier molecular flexibility index (Phi) is 3.47. The van der Waals surface area contributed by atoms with Gasteiger partial charge in [0, 0.05) is 45.3 Å². The Morgan fingerprint density at radius 3 is 1.57 bits per heavy atom. The van der Waals surface area contributed by atoms with Crippen LogP contribution in [0.15, 0.2) is 85.5 Å². The van der Waals surface area contributed by atoms with E-state index in [1.807, 2.05) is 24.5 Å². The van der Waals surface area contributed by atoms with Crippen LogP contribution in [-0.2, 0) is 0 Å². The molecule has 0 spiro atoms. The first kappa shape index (κ1) is 15.8. The summed E-state index contributed by atoms with van der Waals surface area (Å²) in [5, 5.41) is 4.66. The second kappa shape index (κ2) is 6.15. The summed E-state index contributed by atoms with van der Waals surface area (Å²) in [6, 6.07) is 21.1. The Hall–Kier alpha value is -3.22. The lowest BCUT2D eigenvalue weighted by molar-refractivity contribution is 1.12. The molecule has 0 aliphatic heterocycles. The van der Waals surface area contributed by atoms with E-state index >= 15 is 0 Å². The van der Waals surface area contributed by atoms with Gasteiger partial charge in [-0.1, -0.05) is 0 Å². The third kappa shape index (κ3) is 2.42. The van der Waals surface area contributed by atoms with E-state index in [1.165, 1.54) is 19.8 Å². The van der Waals surface area contributed by atoms with Crippen LogP contribution >= 0.6 is 22.7 Å². The maximum Gasteiger partial charge on any atom is 0.145 e. The summed E-state index contributed by atoms with van der Waals surface area (Å²) in [4.78, 5) is 11.6. The molecule has 134 valence electrons. The Labute approximate surface area is 169 Å². The van der Waals surface area contributed by atoms with Crippen LogP contribution in [0.2, 0.25) is 0 Å². The van der Waals surface area contributed by atoms with E-state index in [2.05, 4.69) is 80.0 Å². The summed E-state index contributed by atoms with van der Waals surface area (Å²) < 4.78 is 4.31. The Bertz CT molecular complexity index is 1320. The zero-order valence-electron chi connectivity index (χ0n) is 14.7. The summed E-state index contributed by atoms with van der Waals surface area (Å²) in [6.45, 7) is 0. The highest BCUT2D eigenvalue weighted by Gasteiger charge is 2.12. The molecule has 0 aliphatic rings. The molecule has 0 saturated carbocycles. The number of thiophene rings is 2. The number of hydrogen-bond donors (Lipinski definition) is 0. The monoisotopic (exact) mass is 398 g/mol. The molecule has 0 bridgehead atoms. The molecule has 0 radical (unpaired) electrons. The number of aromatic nitrogens is 4. The fourth-order valence-electron chi connectivity index (χ4n) is 3.47. The first-order valence-corrected chi connectivity index (χ1v) is 10.5. The molecule has 6 rings (SSSR count). The van der Waals surface area contributed by atoms with Gasteiger partial charge < -0.3 is 0 Å². The highest BCUT2D eigenvalue weighted by molar-refractivity contribution is 7.24. The summed E-state index contributed by atoms with van der Waals surface area (Å²) >= 11 is 3.56. The first-order chi connectivity index (χ1) is 13.9. The van der Waals surface area contributed by atoms with Crippen molar-refractivity contribution in [2.75, 3.05) is 0 Å². The third-order valence-corrected chi connectivity index (χ3v) is 7.16. The van der Waals surface area contributed by atoms with Crippen molar-refractivity contribution in [3.63, 3.8) is 0 Å². The Balaban J connectivity index is 1.39. The molecule has 4 nitrogen and oxygen atoms in total. The van der Waals surface area contributed by atoms with Gasteiger partial charge in [0.2, 0.25) is 0 Å². The largest absolute Gasteiger partial charge is 0.292 e. The minimum atomic E-state index is 0.993. The molecule has 0 atom stereocenters. The van der Waals surface area contributed by atoms with Gasteiger partial charge in [-0.05, 0) is 60.7 Å². The number of pyridine rings is 2. The molecular weight excluding hydrogens is 384 g/mol. The zero-order valence-corrected chi connectivity index (χ0v) is 16.3. The lowest BCUT2D eigenvalue weighted by Crippen LogP contribution is -1.89. The molecule has 0 aromatic carbocycles. The van der Waals surface area contributed by atoms with Crippen LogP contribution < -0.4 is 0 Å². The lowest BCUT2D eigenvalue weighted by Gasteiger charge is -2.00. The molecule has 6 heterocycles. The maximum atomic E-state index is 4.53. The molecule has 0 aliphatic carbocycles. The van der Waals surface area contributed by atoms with Crippen molar-refractivity contribution >= 4 is 44.7 Å². The normalized spacial score (nSPS) is 11.6. The number of fused-ring (bicyclic) bond motifs is 2. The van der Waals surface area contributed by atoms with Crippen molar-refractivity contribution in [2.24, 2.45) is 0 Å². The van der Waals surface area contributed by atoms with Gasteiger partial charge in [-0.15, -0.1) is 22.7 Å². The topological polar surface area (TPSA) is 35.6 Å². The first-order valence-electron chi connectivity index (χ1n) is 8.92. The van der Waals surface area contributed by atoms with Crippen LogP contribution in [0.3, 0.4) is 0 Å². The molecule has 0 N–H and O–H groups in total. The summed E-state index contributed by atoms with van der Waals surface area (Å²) in [6.07, 6.45) is 7.86. The number of hydrogen-bond acceptors (Lipinski definition) is 4. The second-order valence-electron chi connectivity index (χ2n) is 6.48. The zero-order chi connectivity index (χ0) is 18.5. The van der Waals surface area contributed by atoms with Gasteiger partial charge >= 0.3 is 0 Å². The van der Waals surface area contributed by atoms with Crippen molar-refractivity contribution in [2.45, 2.75) is 0 Å². The smallest absolute Gasteiger partial charge is 0.145 e. The molecule has 0 amide bonds. The van der Waals surface area contributed by atoms with Gasteiger partial charge in [-0.3, -0.25) is 9.13 Å². The van der Waals surface area contributed by atoms with Crippen LogP contribution in [0, 0.1) is 0 Å². The van der Waals surface area contributed by atoms with Crippen molar-refractivity contribution in [1.82, 2.24) is 19.1 Å². The molecule has 6 aromatic heterocycles. The standard InChI is InChI=1S/C22H14N4S2/c1-3-15-9-13-25(21(15)23-11-1)19-7-5-17(27-19)18-6-8-20(28-18)26-14-10-16-4-2-12-24-22(16)26/h1-14H. The molecule has 0 saturated heterocycles. The minimum Gasteiger partial charge on any atom is -0.292 e. The third-order valence-electron chi connectivity index (χ3n) is 4.80. The number of rotatable bonds is 3. The van der Waals surface area contributed by atoms with E-state index in [0.717, 1.165) is 22.1 Å². The average molecular weight is 399 g/mol. The van der Waals surface area contributed by atoms with Gasteiger partial charge in [0.15, 0.2) is 0 Å². The predicted octanol–water partition coefficient (Wildman–Crippen LogP) is 6.15. The molecule has 6 heteroatoms. The van der Waals surface area contributed by atoms with E-state index in [4.69, 9.17) is 0 Å². The highest BCUT2D eigenvalue weighted by Crippen LogP contribution is 2.37. The van der Waals surface area contributed by atoms with Crippen LogP contribution in [-0.4, -0.2) is 19.1 Å². The van der Waals surface area contributed by atoms with E-state index in [1.54, 1.807) is 22.7 Å². The van der Waals surface area contributed by atoms with Crippen LogP contribution in [0.4, 0.5) is 0 Å². The van der Waals surface area contributed by atoms with E-state index in [-0.39, 0.29) is 0 Å². The maximum absolute atomic E-state index is 4.53. The Morgan fingerprint density at radius 2 is 1.07 bits per heavy atom. The fraction of sp³-hybridized carbons (Fsp3) is 0.